The number of halogens is 1. The summed E-state index contributed by atoms with van der Waals surface area (Å²) in [5.41, 5.74) is 2.81. The summed E-state index contributed by atoms with van der Waals surface area (Å²) in [5, 5.41) is 0.574. The Morgan fingerprint density at radius 2 is 1.83 bits per heavy atom. The first kappa shape index (κ1) is 12.6. The molecule has 0 amide bonds. The molecule has 2 aromatic carbocycles. The summed E-state index contributed by atoms with van der Waals surface area (Å²) < 4.78 is 0. The van der Waals surface area contributed by atoms with E-state index in [1.54, 1.807) is 30.3 Å². The van der Waals surface area contributed by atoms with Crippen molar-refractivity contribution in [3.05, 3.63) is 76.3 Å². The monoisotopic (exact) mass is 256 g/mol. The normalized spacial score (nSPS) is 10.8. The molecule has 90 valence electrons. The Hall–Kier alpha value is -1.86. The molecule has 2 rings (SSSR count). The van der Waals surface area contributed by atoms with E-state index in [0.29, 0.717) is 10.6 Å². The number of aryl methyl sites for hydroxylation is 1. The van der Waals surface area contributed by atoms with E-state index in [0.717, 1.165) is 5.56 Å². The number of rotatable bonds is 3. The molecular weight excluding hydrogens is 244 g/mol. The molecule has 0 fully saturated rings. The van der Waals surface area contributed by atoms with E-state index in [1.807, 2.05) is 37.3 Å². The Morgan fingerprint density at radius 3 is 2.50 bits per heavy atom. The first-order valence-corrected chi connectivity index (χ1v) is 6.07. The van der Waals surface area contributed by atoms with Crippen LogP contribution in [0.3, 0.4) is 0 Å². The molecule has 0 heterocycles. The maximum Gasteiger partial charge on any atom is 0.185 e. The molecular formula is C16H13ClO. The molecule has 1 nitrogen and oxygen atoms in total. The lowest BCUT2D eigenvalue weighted by molar-refractivity contribution is 0.104. The summed E-state index contributed by atoms with van der Waals surface area (Å²) in [6, 6.07) is 15.0. The molecule has 0 bridgehead atoms. The van der Waals surface area contributed by atoms with Gasteiger partial charge in [0.05, 0.1) is 0 Å². The van der Waals surface area contributed by atoms with Crippen LogP contribution in [0, 0.1) is 6.92 Å². The first-order chi connectivity index (χ1) is 8.65. The zero-order valence-electron chi connectivity index (χ0n) is 10.1. The third-order valence-corrected chi connectivity index (χ3v) is 2.85. The molecule has 0 aliphatic heterocycles. The average Bonchev–Trinajstić information content (AvgIpc) is 2.38. The van der Waals surface area contributed by atoms with Gasteiger partial charge in [0.2, 0.25) is 0 Å². The van der Waals surface area contributed by atoms with E-state index in [-0.39, 0.29) is 5.78 Å². The highest BCUT2D eigenvalue weighted by molar-refractivity contribution is 6.31. The molecule has 0 atom stereocenters. The van der Waals surface area contributed by atoms with Gasteiger partial charge in [-0.15, -0.1) is 0 Å². The second-order valence-corrected chi connectivity index (χ2v) is 4.56. The number of ketones is 1. The molecule has 0 spiro atoms. The van der Waals surface area contributed by atoms with Gasteiger partial charge in [-0.3, -0.25) is 4.79 Å². The highest BCUT2D eigenvalue weighted by Gasteiger charge is 2.01. The zero-order valence-corrected chi connectivity index (χ0v) is 10.8. The predicted molar refractivity (Wildman–Crippen MR) is 76.0 cm³/mol. The molecule has 2 aromatic rings. The van der Waals surface area contributed by atoms with E-state index >= 15 is 0 Å². The van der Waals surface area contributed by atoms with Crippen molar-refractivity contribution in [3.8, 4) is 0 Å². The molecule has 0 aromatic heterocycles. The number of benzene rings is 2. The third-order valence-electron chi connectivity index (χ3n) is 2.61. The van der Waals surface area contributed by atoms with E-state index in [9.17, 15) is 4.79 Å². The van der Waals surface area contributed by atoms with Crippen LogP contribution in [0.2, 0.25) is 5.02 Å². The number of allylic oxidation sites excluding steroid dienone is 1. The Morgan fingerprint density at radius 1 is 1.11 bits per heavy atom. The second-order valence-electron chi connectivity index (χ2n) is 4.12. The van der Waals surface area contributed by atoms with Crippen LogP contribution in [0.4, 0.5) is 0 Å². The van der Waals surface area contributed by atoms with Crippen molar-refractivity contribution in [2.75, 3.05) is 0 Å². The summed E-state index contributed by atoms with van der Waals surface area (Å²) in [6.45, 7) is 2.03. The molecule has 18 heavy (non-hydrogen) atoms. The Bertz CT molecular complexity index is 582. The van der Waals surface area contributed by atoms with Crippen molar-refractivity contribution < 1.29 is 4.79 Å². The van der Waals surface area contributed by atoms with Crippen LogP contribution in [-0.4, -0.2) is 5.78 Å². The van der Waals surface area contributed by atoms with E-state index in [4.69, 9.17) is 11.6 Å². The van der Waals surface area contributed by atoms with E-state index in [2.05, 4.69) is 0 Å². The fourth-order valence-corrected chi connectivity index (χ4v) is 1.78. The molecule has 0 aliphatic rings. The first-order valence-electron chi connectivity index (χ1n) is 5.70. The number of hydrogen-bond donors (Lipinski definition) is 0. The van der Waals surface area contributed by atoms with Crippen LogP contribution in [-0.2, 0) is 0 Å². The van der Waals surface area contributed by atoms with Gasteiger partial charge in [-0.2, -0.15) is 0 Å². The maximum atomic E-state index is 11.9. The predicted octanol–water partition coefficient (Wildman–Crippen LogP) is 4.54. The van der Waals surface area contributed by atoms with Gasteiger partial charge in [-0.1, -0.05) is 59.6 Å². The lowest BCUT2D eigenvalue weighted by Crippen LogP contribution is -1.93. The molecule has 0 saturated heterocycles. The zero-order chi connectivity index (χ0) is 13.0. The maximum absolute atomic E-state index is 11.9. The highest BCUT2D eigenvalue weighted by atomic mass is 35.5. The fourth-order valence-electron chi connectivity index (χ4n) is 1.59. The molecule has 0 aliphatic carbocycles. The van der Waals surface area contributed by atoms with Crippen LogP contribution in [0.1, 0.15) is 21.5 Å². The Labute approximate surface area is 112 Å². The summed E-state index contributed by atoms with van der Waals surface area (Å²) in [5.74, 6) is -0.0434. The van der Waals surface area contributed by atoms with Crippen molar-refractivity contribution in [3.63, 3.8) is 0 Å². The van der Waals surface area contributed by atoms with Gasteiger partial charge in [0, 0.05) is 10.6 Å². The van der Waals surface area contributed by atoms with Gasteiger partial charge in [-0.05, 0) is 30.7 Å². The summed E-state index contributed by atoms with van der Waals surface area (Å²) in [4.78, 5) is 11.9. The van der Waals surface area contributed by atoms with Crippen LogP contribution < -0.4 is 0 Å². The minimum atomic E-state index is -0.0434. The van der Waals surface area contributed by atoms with Crippen molar-refractivity contribution >= 4 is 23.5 Å². The highest BCUT2D eigenvalue weighted by Crippen LogP contribution is 2.12. The van der Waals surface area contributed by atoms with Crippen LogP contribution in [0.25, 0.3) is 6.08 Å². The topological polar surface area (TPSA) is 17.1 Å². The number of hydrogen-bond acceptors (Lipinski definition) is 1. The molecule has 0 saturated carbocycles. The number of carbonyl (C=O) groups is 1. The summed E-state index contributed by atoms with van der Waals surface area (Å²) >= 11 is 5.85. The van der Waals surface area contributed by atoms with Gasteiger partial charge in [0.1, 0.15) is 0 Å². The van der Waals surface area contributed by atoms with Gasteiger partial charge in [-0.25, -0.2) is 0 Å². The largest absolute Gasteiger partial charge is 0.289 e. The van der Waals surface area contributed by atoms with E-state index in [1.165, 1.54) is 5.56 Å². The van der Waals surface area contributed by atoms with Crippen LogP contribution >= 0.6 is 11.6 Å². The lowest BCUT2D eigenvalue weighted by Gasteiger charge is -1.97. The van der Waals surface area contributed by atoms with Gasteiger partial charge < -0.3 is 0 Å². The van der Waals surface area contributed by atoms with Crippen LogP contribution in [0.15, 0.2) is 54.6 Å². The van der Waals surface area contributed by atoms with Gasteiger partial charge in [0.15, 0.2) is 5.78 Å². The fraction of sp³-hybridized carbons (Fsp3) is 0.0625. The lowest BCUT2D eigenvalue weighted by atomic mass is 10.1. The smallest absolute Gasteiger partial charge is 0.185 e. The second kappa shape index (κ2) is 5.65. The van der Waals surface area contributed by atoms with Crippen molar-refractivity contribution in [2.24, 2.45) is 0 Å². The SMILES string of the molecule is Cc1ccc(/C=C/C(=O)c2cccc(Cl)c2)cc1. The summed E-state index contributed by atoms with van der Waals surface area (Å²) in [6.07, 6.45) is 3.37. The minimum Gasteiger partial charge on any atom is -0.289 e. The Balaban J connectivity index is 2.14. The molecule has 0 unspecified atom stereocenters. The van der Waals surface area contributed by atoms with Crippen molar-refractivity contribution in [1.82, 2.24) is 0 Å². The van der Waals surface area contributed by atoms with Crippen molar-refractivity contribution in [2.45, 2.75) is 6.92 Å². The summed E-state index contributed by atoms with van der Waals surface area (Å²) in [7, 11) is 0. The standard InChI is InChI=1S/C16H13ClO/c1-12-5-7-13(8-6-12)9-10-16(18)14-3-2-4-15(17)11-14/h2-11H,1H3/b10-9+. The molecule has 0 radical (unpaired) electrons. The van der Waals surface area contributed by atoms with Crippen LogP contribution in [0.5, 0.6) is 0 Å². The molecule has 0 N–H and O–H groups in total. The molecule has 2 heteroatoms. The van der Waals surface area contributed by atoms with Crippen molar-refractivity contribution in [1.29, 1.82) is 0 Å². The van der Waals surface area contributed by atoms with Gasteiger partial charge in [0.25, 0.3) is 0 Å². The number of carbonyl (C=O) groups excluding carboxylic acids is 1. The quantitative estimate of drug-likeness (QED) is 0.582. The Kier molecular flexibility index (Phi) is 3.96. The van der Waals surface area contributed by atoms with E-state index < -0.39 is 0 Å². The third kappa shape index (κ3) is 3.31. The average molecular weight is 257 g/mol. The van der Waals surface area contributed by atoms with Gasteiger partial charge >= 0.3 is 0 Å². The minimum absolute atomic E-state index is 0.0434.